The van der Waals surface area contributed by atoms with Crippen LogP contribution in [0.2, 0.25) is 0 Å². The third-order valence-corrected chi connectivity index (χ3v) is 4.49. The van der Waals surface area contributed by atoms with Crippen molar-refractivity contribution in [3.8, 4) is 5.69 Å². The number of hydrogen-bond donors (Lipinski definition) is 2. The Morgan fingerprint density at radius 2 is 2.00 bits per heavy atom. The van der Waals surface area contributed by atoms with E-state index in [0.717, 1.165) is 27.8 Å². The first-order chi connectivity index (χ1) is 13.3. The maximum Gasteiger partial charge on any atom is 0.182 e. The van der Waals surface area contributed by atoms with E-state index in [0.29, 0.717) is 11.5 Å². The molecule has 0 aliphatic rings. The first kappa shape index (κ1) is 15.4. The lowest BCUT2D eigenvalue weighted by molar-refractivity contribution is 0.784. The maximum absolute atomic E-state index is 4.87. The van der Waals surface area contributed by atoms with E-state index in [1.807, 2.05) is 28.9 Å². The number of nitrogens with zero attached hydrogens (tertiary/aromatic N) is 6. The SMILES string of the molecule is C[C@H](Nc1ncnc2nc[nH]c12)c1nn(-c2cccnc2)c2ccccc12. The van der Waals surface area contributed by atoms with Crippen LogP contribution in [0.4, 0.5) is 5.82 Å². The number of hydrogen-bond acceptors (Lipinski definition) is 6. The number of aromatic nitrogens is 7. The number of para-hydroxylation sites is 1. The fourth-order valence-electron chi connectivity index (χ4n) is 3.23. The van der Waals surface area contributed by atoms with Gasteiger partial charge in [-0.1, -0.05) is 18.2 Å². The van der Waals surface area contributed by atoms with Crippen LogP contribution in [-0.4, -0.2) is 34.7 Å². The van der Waals surface area contributed by atoms with Gasteiger partial charge in [0.2, 0.25) is 0 Å². The first-order valence-electron chi connectivity index (χ1n) is 8.60. The molecule has 0 aliphatic carbocycles. The summed E-state index contributed by atoms with van der Waals surface area (Å²) in [5.41, 5.74) is 4.29. The molecule has 8 heteroatoms. The Balaban J connectivity index is 1.59. The molecule has 5 aromatic rings. The highest BCUT2D eigenvalue weighted by Gasteiger charge is 2.18. The van der Waals surface area contributed by atoms with Crippen molar-refractivity contribution < 1.29 is 0 Å². The van der Waals surface area contributed by atoms with Crippen LogP contribution < -0.4 is 5.32 Å². The number of H-pyrrole nitrogens is 1. The second kappa shape index (κ2) is 6.17. The minimum absolute atomic E-state index is 0.0748. The van der Waals surface area contributed by atoms with Crippen molar-refractivity contribution in [3.05, 3.63) is 67.1 Å². The molecule has 4 aromatic heterocycles. The van der Waals surface area contributed by atoms with Crippen LogP contribution >= 0.6 is 0 Å². The molecule has 0 amide bonds. The standard InChI is InChI=1S/C19H16N8/c1-12(25-19-17-18(22-10-21-17)23-11-24-19)16-14-6-2-3-7-15(14)27(26-16)13-5-4-8-20-9-13/h2-12H,1H3,(H2,21,22,23,24,25)/t12-/m0/s1. The number of pyridine rings is 1. The lowest BCUT2D eigenvalue weighted by Gasteiger charge is -2.13. The van der Waals surface area contributed by atoms with E-state index in [1.54, 1.807) is 18.7 Å². The summed E-state index contributed by atoms with van der Waals surface area (Å²) in [6.07, 6.45) is 6.68. The Bertz CT molecular complexity index is 1220. The lowest BCUT2D eigenvalue weighted by Crippen LogP contribution is -2.10. The fraction of sp³-hybridized carbons (Fsp3) is 0.105. The largest absolute Gasteiger partial charge is 0.360 e. The molecule has 0 radical (unpaired) electrons. The summed E-state index contributed by atoms with van der Waals surface area (Å²) in [6, 6.07) is 12.0. The van der Waals surface area contributed by atoms with Gasteiger partial charge in [-0.3, -0.25) is 4.98 Å². The van der Waals surface area contributed by atoms with E-state index in [9.17, 15) is 0 Å². The highest BCUT2D eigenvalue weighted by Crippen LogP contribution is 2.28. The Labute approximate surface area is 154 Å². The zero-order chi connectivity index (χ0) is 18.2. The number of nitrogens with one attached hydrogen (secondary N) is 2. The van der Waals surface area contributed by atoms with E-state index >= 15 is 0 Å². The summed E-state index contributed by atoms with van der Waals surface area (Å²) < 4.78 is 1.92. The Morgan fingerprint density at radius 1 is 1.07 bits per heavy atom. The molecule has 0 fully saturated rings. The third-order valence-electron chi connectivity index (χ3n) is 4.49. The Kier molecular flexibility index (Phi) is 3.53. The molecular formula is C19H16N8. The minimum Gasteiger partial charge on any atom is -0.360 e. The van der Waals surface area contributed by atoms with Gasteiger partial charge < -0.3 is 10.3 Å². The predicted octanol–water partition coefficient (Wildman–Crippen LogP) is 3.26. The van der Waals surface area contributed by atoms with Gasteiger partial charge in [0.1, 0.15) is 11.8 Å². The van der Waals surface area contributed by atoms with Gasteiger partial charge in [-0.05, 0) is 25.1 Å². The van der Waals surface area contributed by atoms with Crippen molar-refractivity contribution in [2.75, 3.05) is 5.32 Å². The van der Waals surface area contributed by atoms with Gasteiger partial charge in [0.05, 0.1) is 35.5 Å². The first-order valence-corrected chi connectivity index (χ1v) is 8.60. The number of imidazole rings is 1. The van der Waals surface area contributed by atoms with Gasteiger partial charge in [0.15, 0.2) is 11.5 Å². The summed E-state index contributed by atoms with van der Waals surface area (Å²) in [7, 11) is 0. The summed E-state index contributed by atoms with van der Waals surface area (Å²) in [6.45, 7) is 2.06. The minimum atomic E-state index is -0.0748. The molecule has 1 aromatic carbocycles. The fourth-order valence-corrected chi connectivity index (χ4v) is 3.23. The molecule has 8 nitrogen and oxygen atoms in total. The van der Waals surface area contributed by atoms with Crippen molar-refractivity contribution in [1.82, 2.24) is 34.7 Å². The van der Waals surface area contributed by atoms with E-state index in [-0.39, 0.29) is 6.04 Å². The summed E-state index contributed by atoms with van der Waals surface area (Å²) in [5.74, 6) is 0.699. The normalized spacial score (nSPS) is 12.5. The summed E-state index contributed by atoms with van der Waals surface area (Å²) in [4.78, 5) is 20.0. The number of rotatable bonds is 4. The van der Waals surface area contributed by atoms with Crippen LogP contribution in [0.25, 0.3) is 27.8 Å². The number of fused-ring (bicyclic) bond motifs is 2. The predicted molar refractivity (Wildman–Crippen MR) is 103 cm³/mol. The molecule has 0 spiro atoms. The van der Waals surface area contributed by atoms with Gasteiger partial charge in [-0.25, -0.2) is 19.6 Å². The second-order valence-electron chi connectivity index (χ2n) is 6.21. The van der Waals surface area contributed by atoms with Gasteiger partial charge in [0, 0.05) is 11.6 Å². The number of anilines is 1. The van der Waals surface area contributed by atoms with Crippen LogP contribution in [0.1, 0.15) is 18.7 Å². The van der Waals surface area contributed by atoms with E-state index < -0.39 is 0 Å². The molecule has 0 unspecified atom stereocenters. The zero-order valence-electron chi connectivity index (χ0n) is 14.5. The van der Waals surface area contributed by atoms with Crippen LogP contribution in [-0.2, 0) is 0 Å². The molecule has 1 atom stereocenters. The monoisotopic (exact) mass is 356 g/mol. The van der Waals surface area contributed by atoms with Crippen LogP contribution in [0.15, 0.2) is 61.4 Å². The number of benzene rings is 1. The molecule has 0 bridgehead atoms. The van der Waals surface area contributed by atoms with Crippen molar-refractivity contribution in [3.63, 3.8) is 0 Å². The van der Waals surface area contributed by atoms with Gasteiger partial charge in [-0.15, -0.1) is 0 Å². The highest BCUT2D eigenvalue weighted by molar-refractivity contribution is 5.85. The molecule has 27 heavy (non-hydrogen) atoms. The van der Waals surface area contributed by atoms with E-state index in [4.69, 9.17) is 5.10 Å². The number of aromatic amines is 1. The highest BCUT2D eigenvalue weighted by atomic mass is 15.3. The van der Waals surface area contributed by atoms with Crippen LogP contribution in [0.3, 0.4) is 0 Å². The molecule has 0 saturated heterocycles. The smallest absolute Gasteiger partial charge is 0.182 e. The summed E-state index contributed by atoms with van der Waals surface area (Å²) >= 11 is 0. The average molecular weight is 356 g/mol. The van der Waals surface area contributed by atoms with Crippen LogP contribution in [0, 0.1) is 0 Å². The lowest BCUT2D eigenvalue weighted by atomic mass is 10.1. The molecule has 132 valence electrons. The van der Waals surface area contributed by atoms with E-state index in [1.165, 1.54) is 6.33 Å². The molecule has 2 N–H and O–H groups in total. The molecule has 0 saturated carbocycles. The molecule has 5 rings (SSSR count). The maximum atomic E-state index is 4.87. The average Bonchev–Trinajstić information content (AvgIpc) is 3.34. The van der Waals surface area contributed by atoms with Crippen molar-refractivity contribution in [2.45, 2.75) is 13.0 Å². The zero-order valence-corrected chi connectivity index (χ0v) is 14.5. The second-order valence-corrected chi connectivity index (χ2v) is 6.21. The topological polar surface area (TPSA) is 97.2 Å². The van der Waals surface area contributed by atoms with Gasteiger partial charge >= 0.3 is 0 Å². The molecule has 0 aliphatic heterocycles. The Morgan fingerprint density at radius 3 is 2.89 bits per heavy atom. The Hall–Kier alpha value is -3.81. The third kappa shape index (κ3) is 2.58. The van der Waals surface area contributed by atoms with E-state index in [2.05, 4.69) is 49.3 Å². The van der Waals surface area contributed by atoms with Crippen molar-refractivity contribution in [1.29, 1.82) is 0 Å². The van der Waals surface area contributed by atoms with Crippen LogP contribution in [0.5, 0.6) is 0 Å². The van der Waals surface area contributed by atoms with Crippen molar-refractivity contribution in [2.24, 2.45) is 0 Å². The van der Waals surface area contributed by atoms with Gasteiger partial charge in [0.25, 0.3) is 0 Å². The molecule has 4 heterocycles. The summed E-state index contributed by atoms with van der Waals surface area (Å²) in [5, 5.41) is 9.38. The molecular weight excluding hydrogens is 340 g/mol. The van der Waals surface area contributed by atoms with Gasteiger partial charge in [-0.2, -0.15) is 5.10 Å². The van der Waals surface area contributed by atoms with Crippen molar-refractivity contribution >= 4 is 27.9 Å². The quantitative estimate of drug-likeness (QED) is 0.513.